The second-order valence-electron chi connectivity index (χ2n) is 6.26. The summed E-state index contributed by atoms with van der Waals surface area (Å²) in [7, 11) is 0. The second-order valence-corrected chi connectivity index (χ2v) is 7.35. The lowest BCUT2D eigenvalue weighted by molar-refractivity contribution is -0.0143. The van der Waals surface area contributed by atoms with Gasteiger partial charge < -0.3 is 10.1 Å². The normalized spacial score (nSPS) is 13.0. The molecule has 0 bridgehead atoms. The second kappa shape index (κ2) is 6.33. The van der Waals surface area contributed by atoms with E-state index in [2.05, 4.69) is 46.9 Å². The number of nitrogens with one attached hydrogen (secondary N) is 1. The topological polar surface area (TPSA) is 34.1 Å². The Morgan fingerprint density at radius 3 is 2.26 bits per heavy atom. The van der Waals surface area contributed by atoms with Gasteiger partial charge in [0.2, 0.25) is 0 Å². The van der Waals surface area contributed by atoms with Crippen molar-refractivity contribution in [3.05, 3.63) is 15.6 Å². The number of thiazole rings is 1. The molecule has 1 aromatic rings. The Bertz CT molecular complexity index is 405. The van der Waals surface area contributed by atoms with Crippen molar-refractivity contribution in [1.29, 1.82) is 0 Å². The summed E-state index contributed by atoms with van der Waals surface area (Å²) in [6.45, 7) is 17.6. The molecule has 110 valence electrons. The number of ether oxygens (including phenoxy) is 1. The zero-order chi connectivity index (χ0) is 14.7. The van der Waals surface area contributed by atoms with Crippen molar-refractivity contribution in [2.75, 3.05) is 13.2 Å². The lowest BCUT2D eigenvalue weighted by Crippen LogP contribution is -2.22. The molecule has 0 saturated heterocycles. The van der Waals surface area contributed by atoms with Crippen molar-refractivity contribution in [2.24, 2.45) is 0 Å². The van der Waals surface area contributed by atoms with E-state index < -0.39 is 0 Å². The van der Waals surface area contributed by atoms with E-state index in [4.69, 9.17) is 9.72 Å². The van der Waals surface area contributed by atoms with Crippen molar-refractivity contribution in [3.8, 4) is 0 Å². The van der Waals surface area contributed by atoms with Crippen LogP contribution < -0.4 is 5.32 Å². The fourth-order valence-electron chi connectivity index (χ4n) is 1.98. The van der Waals surface area contributed by atoms with Gasteiger partial charge in [0.05, 0.1) is 5.69 Å². The molecule has 1 N–H and O–H groups in total. The van der Waals surface area contributed by atoms with Gasteiger partial charge in [-0.1, -0.05) is 27.7 Å². The maximum Gasteiger partial charge on any atom is 0.125 e. The van der Waals surface area contributed by atoms with Crippen molar-refractivity contribution < 1.29 is 4.74 Å². The van der Waals surface area contributed by atoms with Gasteiger partial charge >= 0.3 is 0 Å². The van der Waals surface area contributed by atoms with Crippen LogP contribution in [0.15, 0.2) is 0 Å². The minimum Gasteiger partial charge on any atom is -0.369 e. The van der Waals surface area contributed by atoms with Gasteiger partial charge in [-0.3, -0.25) is 0 Å². The summed E-state index contributed by atoms with van der Waals surface area (Å²) in [6, 6.07) is 0. The first-order chi connectivity index (χ1) is 8.72. The van der Waals surface area contributed by atoms with Gasteiger partial charge in [0.25, 0.3) is 0 Å². The summed E-state index contributed by atoms with van der Waals surface area (Å²) < 4.78 is 5.83. The minimum absolute atomic E-state index is 0.0712. The molecule has 4 heteroatoms. The summed E-state index contributed by atoms with van der Waals surface area (Å²) in [6.07, 6.45) is 0. The highest BCUT2D eigenvalue weighted by atomic mass is 32.1. The Labute approximate surface area is 121 Å². The van der Waals surface area contributed by atoms with Crippen LogP contribution >= 0.6 is 11.3 Å². The molecule has 0 aliphatic carbocycles. The van der Waals surface area contributed by atoms with Gasteiger partial charge in [-0.05, 0) is 27.3 Å². The smallest absolute Gasteiger partial charge is 0.125 e. The molecule has 0 spiro atoms. The van der Waals surface area contributed by atoms with Gasteiger partial charge in [-0.2, -0.15) is 0 Å². The molecule has 0 aliphatic rings. The molecular formula is C15H28N2OS. The number of hydrogen-bond donors (Lipinski definition) is 1. The van der Waals surface area contributed by atoms with Crippen LogP contribution in [0.4, 0.5) is 0 Å². The van der Waals surface area contributed by atoms with E-state index in [1.54, 1.807) is 11.3 Å². The van der Waals surface area contributed by atoms with Crippen LogP contribution in [0.2, 0.25) is 0 Å². The van der Waals surface area contributed by atoms with Crippen LogP contribution in [0.5, 0.6) is 0 Å². The lowest BCUT2D eigenvalue weighted by Gasteiger charge is -2.22. The number of hydrogen-bond acceptors (Lipinski definition) is 4. The first-order valence-electron chi connectivity index (χ1n) is 7.07. The molecule has 1 rings (SSSR count). The maximum atomic E-state index is 5.83. The molecule has 0 radical (unpaired) electrons. The van der Waals surface area contributed by atoms with E-state index in [0.717, 1.165) is 18.1 Å². The van der Waals surface area contributed by atoms with E-state index in [1.807, 2.05) is 6.92 Å². The molecule has 3 nitrogen and oxygen atoms in total. The van der Waals surface area contributed by atoms with E-state index >= 15 is 0 Å². The average Bonchev–Trinajstić information content (AvgIpc) is 2.70. The fourth-order valence-corrected chi connectivity index (χ4v) is 3.27. The lowest BCUT2D eigenvalue weighted by atomic mass is 9.91. The zero-order valence-corrected chi connectivity index (χ0v) is 14.2. The summed E-state index contributed by atoms with van der Waals surface area (Å²) >= 11 is 1.77. The van der Waals surface area contributed by atoms with Crippen LogP contribution in [0, 0.1) is 0 Å². The Hall–Kier alpha value is -0.450. The molecule has 1 heterocycles. The van der Waals surface area contributed by atoms with Crippen LogP contribution in [0.1, 0.15) is 64.0 Å². The predicted octanol–water partition coefficient (Wildman–Crippen LogP) is 3.82. The zero-order valence-electron chi connectivity index (χ0n) is 13.4. The van der Waals surface area contributed by atoms with Gasteiger partial charge in [-0.25, -0.2) is 4.98 Å². The third kappa shape index (κ3) is 4.26. The van der Waals surface area contributed by atoms with E-state index in [0.29, 0.717) is 6.61 Å². The average molecular weight is 284 g/mol. The first-order valence-corrected chi connectivity index (χ1v) is 7.89. The molecule has 0 unspecified atom stereocenters. The highest BCUT2D eigenvalue weighted by molar-refractivity contribution is 7.11. The van der Waals surface area contributed by atoms with E-state index in [9.17, 15) is 0 Å². The van der Waals surface area contributed by atoms with Crippen molar-refractivity contribution in [2.45, 2.75) is 66.0 Å². The minimum atomic E-state index is -0.302. The maximum absolute atomic E-state index is 5.83. The highest BCUT2D eigenvalue weighted by Gasteiger charge is 2.30. The molecule has 0 aromatic carbocycles. The molecular weight excluding hydrogens is 256 g/mol. The Morgan fingerprint density at radius 2 is 1.79 bits per heavy atom. The van der Waals surface area contributed by atoms with Gasteiger partial charge in [0.1, 0.15) is 10.6 Å². The SMILES string of the molecule is CCNCc1sc(C(C)(C)OCC)nc1C(C)(C)C. The molecule has 1 aromatic heterocycles. The molecule has 0 saturated carbocycles. The summed E-state index contributed by atoms with van der Waals surface area (Å²) in [5, 5.41) is 4.48. The first kappa shape index (κ1) is 16.6. The molecule has 0 amide bonds. The number of nitrogens with zero attached hydrogens (tertiary/aromatic N) is 1. The van der Waals surface area contributed by atoms with Crippen molar-refractivity contribution in [1.82, 2.24) is 10.3 Å². The highest BCUT2D eigenvalue weighted by Crippen LogP contribution is 2.35. The summed E-state index contributed by atoms with van der Waals surface area (Å²) in [4.78, 5) is 6.21. The van der Waals surface area contributed by atoms with Gasteiger partial charge in [0.15, 0.2) is 0 Å². The number of rotatable bonds is 6. The predicted molar refractivity (Wildman–Crippen MR) is 82.8 cm³/mol. The molecule has 19 heavy (non-hydrogen) atoms. The quantitative estimate of drug-likeness (QED) is 0.862. The summed E-state index contributed by atoms with van der Waals surface area (Å²) in [5.74, 6) is 0. The largest absolute Gasteiger partial charge is 0.369 e. The van der Waals surface area contributed by atoms with Gasteiger partial charge in [-0.15, -0.1) is 11.3 Å². The van der Waals surface area contributed by atoms with Crippen LogP contribution in [-0.4, -0.2) is 18.1 Å². The molecule has 0 fully saturated rings. The molecule has 0 aliphatic heterocycles. The standard InChI is InChI=1S/C15H28N2OS/c1-8-16-10-11-12(14(3,4)5)17-13(19-11)15(6,7)18-9-2/h16H,8-10H2,1-7H3. The van der Waals surface area contributed by atoms with Crippen LogP contribution in [-0.2, 0) is 22.3 Å². The molecule has 0 atom stereocenters. The summed E-state index contributed by atoms with van der Waals surface area (Å²) in [5.41, 5.74) is 0.965. The fraction of sp³-hybridized carbons (Fsp3) is 0.800. The third-order valence-corrected chi connectivity index (χ3v) is 4.32. The van der Waals surface area contributed by atoms with Gasteiger partial charge in [0, 0.05) is 23.4 Å². The Kier molecular flexibility index (Phi) is 5.53. The van der Waals surface area contributed by atoms with Crippen molar-refractivity contribution >= 4 is 11.3 Å². The Morgan fingerprint density at radius 1 is 1.16 bits per heavy atom. The number of aromatic nitrogens is 1. The van der Waals surface area contributed by atoms with Crippen molar-refractivity contribution in [3.63, 3.8) is 0 Å². The monoisotopic (exact) mass is 284 g/mol. The third-order valence-electron chi connectivity index (χ3n) is 2.96. The van der Waals surface area contributed by atoms with E-state index in [1.165, 1.54) is 10.6 Å². The van der Waals surface area contributed by atoms with E-state index in [-0.39, 0.29) is 11.0 Å². The van der Waals surface area contributed by atoms with Crippen LogP contribution in [0.3, 0.4) is 0 Å². The van der Waals surface area contributed by atoms with Crippen LogP contribution in [0.25, 0.3) is 0 Å². The Balaban J connectivity index is 3.13.